The third-order valence-corrected chi connectivity index (χ3v) is 4.20. The lowest BCUT2D eigenvalue weighted by Gasteiger charge is -2.13. The number of anilines is 1. The molecule has 3 nitrogen and oxygen atoms in total. The first kappa shape index (κ1) is 15.9. The van der Waals surface area contributed by atoms with Crippen molar-refractivity contribution in [3.8, 4) is 0 Å². The maximum absolute atomic E-state index is 11.7. The first-order valence-electron chi connectivity index (χ1n) is 6.38. The Morgan fingerprint density at radius 1 is 1.33 bits per heavy atom. The van der Waals surface area contributed by atoms with Crippen LogP contribution in [0.5, 0.6) is 0 Å². The van der Waals surface area contributed by atoms with Gasteiger partial charge < -0.3 is 10.1 Å². The van der Waals surface area contributed by atoms with Crippen LogP contribution in [0, 0.1) is 6.92 Å². The zero-order valence-electron chi connectivity index (χ0n) is 11.7. The number of ether oxygens (including phenoxy) is 1. The Bertz CT molecular complexity index is 673. The van der Waals surface area contributed by atoms with Crippen molar-refractivity contribution in [2.45, 2.75) is 13.5 Å². The lowest BCUT2D eigenvalue weighted by molar-refractivity contribution is 0.0600. The minimum absolute atomic E-state index is 0.330. The summed E-state index contributed by atoms with van der Waals surface area (Å²) in [6.45, 7) is 2.52. The number of halogens is 2. The quantitative estimate of drug-likeness (QED) is 0.787. The molecule has 0 atom stereocenters. The van der Waals surface area contributed by atoms with Gasteiger partial charge in [-0.3, -0.25) is 0 Å². The number of carbonyl (C=O) groups excluding carboxylic acids is 1. The molecule has 2 rings (SSSR count). The molecule has 0 unspecified atom stereocenters. The highest BCUT2D eigenvalue weighted by molar-refractivity contribution is 9.10. The molecule has 110 valence electrons. The summed E-state index contributed by atoms with van der Waals surface area (Å²) in [4.78, 5) is 11.7. The summed E-state index contributed by atoms with van der Waals surface area (Å²) in [5, 5.41) is 4.02. The summed E-state index contributed by atoms with van der Waals surface area (Å²) >= 11 is 9.42. The number of benzene rings is 2. The van der Waals surface area contributed by atoms with E-state index in [-0.39, 0.29) is 5.97 Å². The van der Waals surface area contributed by atoms with Crippen LogP contribution in [0.1, 0.15) is 21.5 Å². The normalized spacial score (nSPS) is 10.3. The van der Waals surface area contributed by atoms with Gasteiger partial charge in [0, 0.05) is 21.7 Å². The van der Waals surface area contributed by atoms with E-state index in [9.17, 15) is 4.79 Å². The molecule has 0 fully saturated rings. The fourth-order valence-electron chi connectivity index (χ4n) is 2.01. The van der Waals surface area contributed by atoms with E-state index in [1.54, 1.807) is 6.07 Å². The predicted octanol–water partition coefficient (Wildman–Crippen LogP) is 4.81. The number of esters is 1. The Labute approximate surface area is 137 Å². The van der Waals surface area contributed by atoms with Crippen molar-refractivity contribution in [3.63, 3.8) is 0 Å². The third-order valence-electron chi connectivity index (χ3n) is 3.22. The van der Waals surface area contributed by atoms with Crippen LogP contribution < -0.4 is 5.32 Å². The molecule has 0 spiro atoms. The van der Waals surface area contributed by atoms with E-state index >= 15 is 0 Å². The van der Waals surface area contributed by atoms with Gasteiger partial charge in [-0.1, -0.05) is 39.7 Å². The van der Waals surface area contributed by atoms with Crippen molar-refractivity contribution in [3.05, 3.63) is 62.6 Å². The van der Waals surface area contributed by atoms with Gasteiger partial charge >= 0.3 is 5.97 Å². The van der Waals surface area contributed by atoms with Crippen LogP contribution in [0.25, 0.3) is 0 Å². The molecule has 0 saturated heterocycles. The minimum atomic E-state index is -0.330. The summed E-state index contributed by atoms with van der Waals surface area (Å²) in [5.74, 6) is -0.330. The second kappa shape index (κ2) is 6.96. The van der Waals surface area contributed by atoms with Gasteiger partial charge in [0.2, 0.25) is 0 Å². The zero-order chi connectivity index (χ0) is 15.4. The second-order valence-electron chi connectivity index (χ2n) is 4.56. The maximum Gasteiger partial charge on any atom is 0.338 e. The van der Waals surface area contributed by atoms with Crippen LogP contribution >= 0.6 is 27.5 Å². The summed E-state index contributed by atoms with van der Waals surface area (Å²) < 4.78 is 5.73. The molecule has 5 heteroatoms. The standard InChI is InChI=1S/C16H15BrClNO2/c1-10-13(16(20)21-2)4-3-5-15(10)19-9-11-6-7-12(18)8-14(11)17/h3-8,19H,9H2,1-2H3. The Kier molecular flexibility index (Phi) is 5.26. The van der Waals surface area contributed by atoms with E-state index in [0.717, 1.165) is 21.3 Å². The van der Waals surface area contributed by atoms with Gasteiger partial charge in [0.15, 0.2) is 0 Å². The largest absolute Gasteiger partial charge is 0.465 e. The molecule has 0 heterocycles. The van der Waals surface area contributed by atoms with Gasteiger partial charge in [-0.15, -0.1) is 0 Å². The number of carbonyl (C=O) groups is 1. The second-order valence-corrected chi connectivity index (χ2v) is 5.85. The van der Waals surface area contributed by atoms with Crippen molar-refractivity contribution in [2.24, 2.45) is 0 Å². The van der Waals surface area contributed by atoms with E-state index < -0.39 is 0 Å². The van der Waals surface area contributed by atoms with Crippen molar-refractivity contribution in [1.29, 1.82) is 0 Å². The van der Waals surface area contributed by atoms with Crippen LogP contribution in [0.3, 0.4) is 0 Å². The predicted molar refractivity (Wildman–Crippen MR) is 89.0 cm³/mol. The fourth-order valence-corrected chi connectivity index (χ4v) is 2.84. The van der Waals surface area contributed by atoms with Crippen LogP contribution in [-0.2, 0) is 11.3 Å². The molecular weight excluding hydrogens is 354 g/mol. The smallest absolute Gasteiger partial charge is 0.338 e. The minimum Gasteiger partial charge on any atom is -0.465 e. The first-order valence-corrected chi connectivity index (χ1v) is 7.55. The highest BCUT2D eigenvalue weighted by Crippen LogP contribution is 2.24. The molecule has 0 saturated carbocycles. The lowest BCUT2D eigenvalue weighted by atomic mass is 10.1. The Morgan fingerprint density at radius 2 is 2.10 bits per heavy atom. The SMILES string of the molecule is COC(=O)c1cccc(NCc2ccc(Cl)cc2Br)c1C. The van der Waals surface area contributed by atoms with Crippen LogP contribution in [0.15, 0.2) is 40.9 Å². The maximum atomic E-state index is 11.7. The summed E-state index contributed by atoms with van der Waals surface area (Å²) in [7, 11) is 1.38. The number of hydrogen-bond acceptors (Lipinski definition) is 3. The summed E-state index contributed by atoms with van der Waals surface area (Å²) in [5.41, 5.74) is 3.43. The fraction of sp³-hybridized carbons (Fsp3) is 0.188. The Morgan fingerprint density at radius 3 is 2.76 bits per heavy atom. The van der Waals surface area contributed by atoms with E-state index in [0.29, 0.717) is 17.1 Å². The molecule has 21 heavy (non-hydrogen) atoms. The number of hydrogen-bond donors (Lipinski definition) is 1. The molecule has 0 aliphatic heterocycles. The third kappa shape index (κ3) is 3.77. The van der Waals surface area contributed by atoms with Crippen molar-refractivity contribution in [1.82, 2.24) is 0 Å². The number of nitrogens with one attached hydrogen (secondary N) is 1. The Balaban J connectivity index is 2.18. The van der Waals surface area contributed by atoms with Crippen molar-refractivity contribution >= 4 is 39.2 Å². The molecular formula is C16H15BrClNO2. The highest BCUT2D eigenvalue weighted by Gasteiger charge is 2.11. The average Bonchev–Trinajstić information content (AvgIpc) is 2.47. The van der Waals surface area contributed by atoms with Crippen LogP contribution in [-0.4, -0.2) is 13.1 Å². The summed E-state index contributed by atoms with van der Waals surface area (Å²) in [6.07, 6.45) is 0. The van der Waals surface area contributed by atoms with Crippen molar-refractivity contribution < 1.29 is 9.53 Å². The Hall–Kier alpha value is -1.52. The van der Waals surface area contributed by atoms with Gasteiger partial charge in [-0.05, 0) is 42.3 Å². The molecule has 1 N–H and O–H groups in total. The molecule has 0 aliphatic carbocycles. The zero-order valence-corrected chi connectivity index (χ0v) is 14.1. The van der Waals surface area contributed by atoms with E-state index in [4.69, 9.17) is 16.3 Å². The molecule has 0 amide bonds. The number of rotatable bonds is 4. The molecule has 0 radical (unpaired) electrons. The van der Waals surface area contributed by atoms with E-state index in [2.05, 4.69) is 21.2 Å². The van der Waals surface area contributed by atoms with Gasteiger partial charge in [0.25, 0.3) is 0 Å². The monoisotopic (exact) mass is 367 g/mol. The number of methoxy groups -OCH3 is 1. The summed E-state index contributed by atoms with van der Waals surface area (Å²) in [6, 6.07) is 11.2. The molecule has 2 aromatic rings. The van der Waals surface area contributed by atoms with E-state index in [1.807, 2.05) is 37.3 Å². The molecule has 0 aliphatic rings. The van der Waals surface area contributed by atoms with E-state index in [1.165, 1.54) is 7.11 Å². The van der Waals surface area contributed by atoms with Gasteiger partial charge in [-0.25, -0.2) is 4.79 Å². The average molecular weight is 369 g/mol. The van der Waals surface area contributed by atoms with Crippen LogP contribution in [0.2, 0.25) is 5.02 Å². The lowest BCUT2D eigenvalue weighted by Crippen LogP contribution is -2.07. The topological polar surface area (TPSA) is 38.3 Å². The first-order chi connectivity index (χ1) is 10.0. The van der Waals surface area contributed by atoms with Gasteiger partial charge in [0.1, 0.15) is 0 Å². The molecule has 0 bridgehead atoms. The highest BCUT2D eigenvalue weighted by atomic mass is 79.9. The van der Waals surface area contributed by atoms with Crippen LogP contribution in [0.4, 0.5) is 5.69 Å². The molecule has 0 aromatic heterocycles. The van der Waals surface area contributed by atoms with Gasteiger partial charge in [0.05, 0.1) is 12.7 Å². The van der Waals surface area contributed by atoms with Gasteiger partial charge in [-0.2, -0.15) is 0 Å². The molecule has 2 aromatic carbocycles. The van der Waals surface area contributed by atoms with Crippen molar-refractivity contribution in [2.75, 3.05) is 12.4 Å².